The third-order valence-corrected chi connectivity index (χ3v) is 9.23. The number of piperazine rings is 1. The molecule has 0 bridgehead atoms. The molecule has 2 aliphatic heterocycles. The molecule has 1 saturated heterocycles. The van der Waals surface area contributed by atoms with E-state index in [-0.39, 0.29) is 5.56 Å². The van der Waals surface area contributed by atoms with Gasteiger partial charge in [-0.15, -0.1) is 0 Å². The Labute approximate surface area is 233 Å². The van der Waals surface area contributed by atoms with Crippen LogP contribution in [0.4, 0.5) is 5.95 Å². The van der Waals surface area contributed by atoms with Crippen molar-refractivity contribution in [2.75, 3.05) is 43.9 Å². The molecule has 0 amide bonds. The van der Waals surface area contributed by atoms with E-state index in [1.165, 1.54) is 34.7 Å². The van der Waals surface area contributed by atoms with Crippen LogP contribution in [-0.2, 0) is 29.5 Å². The molecule has 0 saturated carbocycles. The van der Waals surface area contributed by atoms with Crippen molar-refractivity contribution >= 4 is 32.8 Å². The van der Waals surface area contributed by atoms with Gasteiger partial charge in [-0.2, -0.15) is 4.31 Å². The third-order valence-electron chi connectivity index (χ3n) is 7.92. The number of hydrogen-bond donors (Lipinski definition) is 2. The molecule has 2 aliphatic rings. The first kappa shape index (κ1) is 26.4. The summed E-state index contributed by atoms with van der Waals surface area (Å²) in [5.41, 5.74) is 7.57. The van der Waals surface area contributed by atoms with Crippen LogP contribution < -0.4 is 4.90 Å². The van der Waals surface area contributed by atoms with Crippen LogP contribution in [0.25, 0.3) is 22.0 Å². The van der Waals surface area contributed by atoms with Crippen molar-refractivity contribution in [2.24, 2.45) is 0 Å². The van der Waals surface area contributed by atoms with Crippen molar-refractivity contribution in [1.29, 1.82) is 0 Å². The number of aromatic amines is 1. The molecule has 0 atom stereocenters. The highest BCUT2D eigenvalue weighted by Gasteiger charge is 2.25. The van der Waals surface area contributed by atoms with Crippen LogP contribution in [-0.4, -0.2) is 82.6 Å². The summed E-state index contributed by atoms with van der Waals surface area (Å²) in [5.74, 6) is -0.476. The molecule has 4 aromatic rings. The maximum atomic E-state index is 11.8. The lowest BCUT2D eigenvalue weighted by Gasteiger charge is -2.33. The molecule has 2 aromatic heterocycles. The van der Waals surface area contributed by atoms with E-state index in [0.29, 0.717) is 31.3 Å². The molecule has 6 rings (SSSR count). The van der Waals surface area contributed by atoms with Gasteiger partial charge in [0.25, 0.3) is 0 Å². The molecule has 1 fully saturated rings. The van der Waals surface area contributed by atoms with Gasteiger partial charge in [-0.3, -0.25) is 4.90 Å². The van der Waals surface area contributed by atoms with Crippen molar-refractivity contribution in [3.8, 4) is 11.1 Å². The standard InChI is InChI=1S/C29H32N6O4S/c1-19-24(28(36)37)16-30-29(31-19)34-9-8-27-25(18-34)23-15-22(6-7-26(23)32-27)21-5-3-4-20(14-21)17-33-10-12-35(13-11-33)40(2,38)39/h3-7,14-16,32H,8-13,17-18H2,1-2H3,(H,36,37). The molecule has 0 spiro atoms. The van der Waals surface area contributed by atoms with Gasteiger partial charge in [0.15, 0.2) is 0 Å². The van der Waals surface area contributed by atoms with E-state index in [2.05, 4.69) is 67.2 Å². The number of nitrogens with zero attached hydrogens (tertiary/aromatic N) is 5. The van der Waals surface area contributed by atoms with Crippen molar-refractivity contribution < 1.29 is 18.3 Å². The van der Waals surface area contributed by atoms with Gasteiger partial charge in [0, 0.05) is 80.6 Å². The molecular weight excluding hydrogens is 528 g/mol. The topological polar surface area (TPSA) is 123 Å². The van der Waals surface area contributed by atoms with E-state index in [9.17, 15) is 18.3 Å². The lowest BCUT2D eigenvalue weighted by molar-refractivity contribution is 0.0695. The SMILES string of the molecule is Cc1nc(N2CCc3[nH]c4ccc(-c5cccc(CN6CCN(S(C)(=O)=O)CC6)c5)cc4c3C2)ncc1C(=O)O. The van der Waals surface area contributed by atoms with E-state index < -0.39 is 16.0 Å². The van der Waals surface area contributed by atoms with E-state index in [4.69, 9.17) is 0 Å². The molecule has 0 radical (unpaired) electrons. The van der Waals surface area contributed by atoms with Gasteiger partial charge in [-0.05, 0) is 41.8 Å². The number of benzene rings is 2. The van der Waals surface area contributed by atoms with Crippen LogP contribution in [0.3, 0.4) is 0 Å². The van der Waals surface area contributed by atoms with Crippen LogP contribution in [0.15, 0.2) is 48.7 Å². The van der Waals surface area contributed by atoms with Crippen LogP contribution >= 0.6 is 0 Å². The molecule has 4 heterocycles. The van der Waals surface area contributed by atoms with E-state index in [0.717, 1.165) is 49.2 Å². The number of H-pyrrole nitrogens is 1. The Bertz CT molecular complexity index is 1710. The zero-order valence-corrected chi connectivity index (χ0v) is 23.4. The number of fused-ring (bicyclic) bond motifs is 3. The average Bonchev–Trinajstić information content (AvgIpc) is 3.30. The molecular formula is C29H32N6O4S. The van der Waals surface area contributed by atoms with Crippen molar-refractivity contribution in [2.45, 2.75) is 26.4 Å². The van der Waals surface area contributed by atoms with Gasteiger partial charge in [-0.1, -0.05) is 24.3 Å². The second-order valence-electron chi connectivity index (χ2n) is 10.6. The fourth-order valence-electron chi connectivity index (χ4n) is 5.71. The summed E-state index contributed by atoms with van der Waals surface area (Å²) in [6.07, 6.45) is 3.49. The summed E-state index contributed by atoms with van der Waals surface area (Å²) in [6, 6.07) is 15.1. The number of sulfonamides is 1. The number of aromatic carboxylic acids is 1. The molecule has 2 aromatic carbocycles. The Morgan fingerprint density at radius 1 is 1.05 bits per heavy atom. The first-order valence-corrected chi connectivity index (χ1v) is 15.2. The number of anilines is 1. The summed E-state index contributed by atoms with van der Waals surface area (Å²) in [6.45, 7) is 6.37. The molecule has 0 unspecified atom stereocenters. The monoisotopic (exact) mass is 560 g/mol. The normalized spacial score (nSPS) is 16.8. The fraction of sp³-hybridized carbons (Fsp3) is 0.345. The maximum absolute atomic E-state index is 11.8. The number of aromatic nitrogens is 3. The largest absolute Gasteiger partial charge is 0.478 e. The minimum absolute atomic E-state index is 0.122. The highest BCUT2D eigenvalue weighted by Crippen LogP contribution is 2.33. The molecule has 40 heavy (non-hydrogen) atoms. The van der Waals surface area contributed by atoms with Crippen LogP contribution in [0, 0.1) is 6.92 Å². The van der Waals surface area contributed by atoms with Crippen molar-refractivity contribution in [3.63, 3.8) is 0 Å². The quantitative estimate of drug-likeness (QED) is 0.369. The number of hydrogen-bond acceptors (Lipinski definition) is 7. The highest BCUT2D eigenvalue weighted by atomic mass is 32.2. The smallest absolute Gasteiger partial charge is 0.339 e. The number of aryl methyl sites for hydroxylation is 1. The van der Waals surface area contributed by atoms with Gasteiger partial charge in [-0.25, -0.2) is 23.2 Å². The molecule has 10 nitrogen and oxygen atoms in total. The van der Waals surface area contributed by atoms with E-state index in [1.807, 2.05) is 0 Å². The zero-order chi connectivity index (χ0) is 28.0. The number of carbonyl (C=O) groups is 1. The van der Waals surface area contributed by atoms with Gasteiger partial charge in [0.2, 0.25) is 16.0 Å². The summed E-state index contributed by atoms with van der Waals surface area (Å²) < 4.78 is 25.2. The Morgan fingerprint density at radius 2 is 1.82 bits per heavy atom. The van der Waals surface area contributed by atoms with Gasteiger partial charge >= 0.3 is 5.97 Å². The molecule has 208 valence electrons. The highest BCUT2D eigenvalue weighted by molar-refractivity contribution is 7.88. The predicted molar refractivity (Wildman–Crippen MR) is 154 cm³/mol. The molecule has 11 heteroatoms. The van der Waals surface area contributed by atoms with Crippen molar-refractivity contribution in [1.82, 2.24) is 24.2 Å². The van der Waals surface area contributed by atoms with Crippen LogP contribution in [0.5, 0.6) is 0 Å². The number of carboxylic acids is 1. The lowest BCUT2D eigenvalue weighted by Crippen LogP contribution is -2.47. The Hall–Kier alpha value is -3.80. The summed E-state index contributed by atoms with van der Waals surface area (Å²) >= 11 is 0. The zero-order valence-electron chi connectivity index (χ0n) is 22.6. The van der Waals surface area contributed by atoms with E-state index in [1.54, 1.807) is 11.2 Å². The number of carboxylic acid groups (broad SMARTS) is 1. The van der Waals surface area contributed by atoms with Gasteiger partial charge in [0.1, 0.15) is 0 Å². The second-order valence-corrected chi connectivity index (χ2v) is 12.6. The van der Waals surface area contributed by atoms with Gasteiger partial charge < -0.3 is 15.0 Å². The summed E-state index contributed by atoms with van der Waals surface area (Å²) in [4.78, 5) is 28.2. The summed E-state index contributed by atoms with van der Waals surface area (Å²) in [5, 5.41) is 10.5. The minimum atomic E-state index is -3.14. The molecule has 2 N–H and O–H groups in total. The molecule has 0 aliphatic carbocycles. The van der Waals surface area contributed by atoms with Crippen LogP contribution in [0.2, 0.25) is 0 Å². The number of nitrogens with one attached hydrogen (secondary N) is 1. The maximum Gasteiger partial charge on any atom is 0.339 e. The number of rotatable bonds is 6. The Kier molecular flexibility index (Phi) is 6.81. The fourth-order valence-corrected chi connectivity index (χ4v) is 6.53. The lowest BCUT2D eigenvalue weighted by atomic mass is 9.98. The second kappa shape index (κ2) is 10.3. The Morgan fingerprint density at radius 3 is 2.55 bits per heavy atom. The van der Waals surface area contributed by atoms with Crippen LogP contribution in [0.1, 0.15) is 32.9 Å². The Balaban J connectivity index is 1.22. The minimum Gasteiger partial charge on any atom is -0.478 e. The predicted octanol–water partition coefficient (Wildman–Crippen LogP) is 3.27. The average molecular weight is 561 g/mol. The summed E-state index contributed by atoms with van der Waals surface area (Å²) in [7, 11) is -3.14. The first-order valence-electron chi connectivity index (χ1n) is 13.4. The third kappa shape index (κ3) is 5.19. The van der Waals surface area contributed by atoms with E-state index >= 15 is 0 Å². The first-order chi connectivity index (χ1) is 19.2. The van der Waals surface area contributed by atoms with Crippen molar-refractivity contribution in [3.05, 3.63) is 76.7 Å². The van der Waals surface area contributed by atoms with Gasteiger partial charge in [0.05, 0.1) is 17.5 Å².